The van der Waals surface area contributed by atoms with Crippen LogP contribution in [0.3, 0.4) is 0 Å². The Morgan fingerprint density at radius 2 is 1.20 bits per heavy atom. The zero-order chi connectivity index (χ0) is 0. The summed E-state index contributed by atoms with van der Waals surface area (Å²) in [4.78, 5) is 0. The van der Waals surface area contributed by atoms with Gasteiger partial charge < -0.3 is 2.85 Å². The predicted molar refractivity (Wildman–Crippen MR) is 29.3 cm³/mol. The predicted octanol–water partition coefficient (Wildman–Crippen LogP) is -2.80. The van der Waals surface area contributed by atoms with Crippen molar-refractivity contribution < 1.29 is 41.6 Å². The summed E-state index contributed by atoms with van der Waals surface area (Å²) in [5.74, 6) is 0. The Kier molecular flexibility index (Phi) is 221. The molecule has 0 heterocycles. The Balaban J connectivity index is 0. The fourth-order valence-electron chi connectivity index (χ4n) is 0. The van der Waals surface area contributed by atoms with E-state index in [-0.39, 0.29) is 108 Å². The summed E-state index contributed by atoms with van der Waals surface area (Å²) >= 11 is 0. The van der Waals surface area contributed by atoms with Crippen molar-refractivity contribution in [3.8, 4) is 0 Å². The first-order valence-electron chi connectivity index (χ1n) is 0. The van der Waals surface area contributed by atoms with Gasteiger partial charge in [-0.1, -0.05) is 0 Å². The van der Waals surface area contributed by atoms with E-state index in [1.807, 2.05) is 0 Å². The van der Waals surface area contributed by atoms with E-state index in [4.69, 9.17) is 0 Å². The van der Waals surface area contributed by atoms with E-state index in [0.717, 1.165) is 0 Å². The number of rotatable bonds is 0. The van der Waals surface area contributed by atoms with Crippen molar-refractivity contribution in [2.45, 2.75) is 0 Å². The fraction of sp³-hybridized carbons (Fsp3) is 0. The maximum atomic E-state index is 0. The van der Waals surface area contributed by atoms with Gasteiger partial charge in [-0.15, -0.1) is 0 Å². The SMILES string of the molecule is [AlH3].[Ca+2].[H-].[H-].[Mn].[SiH4].[Ti]. The molecule has 0 aliphatic rings. The minimum absolute atomic E-state index is 0. The molecule has 0 nitrogen and oxygen atoms in total. The van der Waals surface area contributed by atoms with Gasteiger partial charge in [0.15, 0.2) is 17.4 Å². The molecule has 0 fully saturated rings. The van der Waals surface area contributed by atoms with Crippen LogP contribution in [0.4, 0.5) is 0 Å². The van der Waals surface area contributed by atoms with Gasteiger partial charge in [-0.25, -0.2) is 0 Å². The molecule has 0 aliphatic heterocycles. The van der Waals surface area contributed by atoms with E-state index in [2.05, 4.69) is 0 Å². The van der Waals surface area contributed by atoms with Crippen LogP contribution in [0.5, 0.6) is 0 Å². The molecule has 0 aromatic carbocycles. The third kappa shape index (κ3) is 18.9. The molecular formula is H9AlCaMnSiTi. The van der Waals surface area contributed by atoms with Crippen LogP contribution in [-0.2, 0) is 38.8 Å². The first-order valence-corrected chi connectivity index (χ1v) is 0. The second-order valence-corrected chi connectivity index (χ2v) is 0. The molecule has 0 aliphatic carbocycles. The molecule has 0 aromatic rings. The van der Waals surface area contributed by atoms with Crippen LogP contribution >= 0.6 is 0 Å². The topological polar surface area (TPSA) is 0 Å². The Morgan fingerprint density at radius 3 is 1.20 bits per heavy atom. The average Bonchev–Trinajstić information content (AvgIpc) is 0. The molecule has 0 atom stereocenters. The van der Waals surface area contributed by atoms with E-state index in [1.165, 1.54) is 0 Å². The smallest absolute Gasteiger partial charge is 1.00 e. The van der Waals surface area contributed by atoms with Gasteiger partial charge >= 0.3 is 37.7 Å². The van der Waals surface area contributed by atoms with Crippen LogP contribution in [0.25, 0.3) is 0 Å². The van der Waals surface area contributed by atoms with Gasteiger partial charge in [-0.2, -0.15) is 0 Å². The zero-order valence-electron chi connectivity index (χ0n) is 3.59. The van der Waals surface area contributed by atoms with Crippen LogP contribution in [-0.4, -0.2) is 66.1 Å². The maximum Gasteiger partial charge on any atom is 2.00 e. The molecule has 0 bridgehead atoms. The summed E-state index contributed by atoms with van der Waals surface area (Å²) in [5, 5.41) is 0. The summed E-state index contributed by atoms with van der Waals surface area (Å²) < 4.78 is 0. The standard InChI is InChI=1S/Al.Ca.Mn.H4Si.Ti.5H/h;;;1H4;;;;;;/q;+2;;;;;;;2*-1. The maximum absolute atomic E-state index is 0. The first kappa shape index (κ1) is 41.1. The van der Waals surface area contributed by atoms with E-state index in [9.17, 15) is 0 Å². The van der Waals surface area contributed by atoms with Crippen LogP contribution in [0.2, 0.25) is 0 Å². The molecule has 0 spiro atoms. The second kappa shape index (κ2) is 26.8. The summed E-state index contributed by atoms with van der Waals surface area (Å²) in [5.41, 5.74) is 0. The van der Waals surface area contributed by atoms with Gasteiger partial charge in [0, 0.05) is 38.8 Å². The van der Waals surface area contributed by atoms with Crippen molar-refractivity contribution >= 4 is 66.1 Å². The van der Waals surface area contributed by atoms with E-state index >= 15 is 0 Å². The van der Waals surface area contributed by atoms with Gasteiger partial charge in [0.25, 0.3) is 0 Å². The Morgan fingerprint density at radius 1 is 1.20 bits per heavy atom. The van der Waals surface area contributed by atoms with Crippen LogP contribution in [0, 0.1) is 0 Å². The summed E-state index contributed by atoms with van der Waals surface area (Å²) in [6, 6.07) is 0. The molecular weight excluding hydrogens is 198 g/mol. The molecule has 0 rings (SSSR count). The molecule has 1 radical (unpaired) electrons. The number of hydrogen-bond donors (Lipinski definition) is 0. The Hall–Kier alpha value is 3.24. The molecule has 0 aromatic heterocycles. The molecule has 5 heavy (non-hydrogen) atoms. The van der Waals surface area contributed by atoms with E-state index in [0.29, 0.717) is 0 Å². The molecule has 0 saturated carbocycles. The van der Waals surface area contributed by atoms with Crippen molar-refractivity contribution in [3.63, 3.8) is 0 Å². The third-order valence-electron chi connectivity index (χ3n) is 0. The van der Waals surface area contributed by atoms with Crippen molar-refractivity contribution in [1.29, 1.82) is 0 Å². The first-order chi connectivity index (χ1) is 0. The zero-order valence-corrected chi connectivity index (χ0v) is 6.54. The van der Waals surface area contributed by atoms with Crippen molar-refractivity contribution in [2.75, 3.05) is 0 Å². The van der Waals surface area contributed by atoms with Crippen molar-refractivity contribution in [3.05, 3.63) is 0 Å². The molecule has 0 amide bonds. The van der Waals surface area contributed by atoms with Gasteiger partial charge in [0.2, 0.25) is 0 Å². The minimum atomic E-state index is 0. The Labute approximate surface area is 106 Å². The fourth-order valence-corrected chi connectivity index (χ4v) is 0. The number of hydrogen-bond acceptors (Lipinski definition) is 0. The quantitative estimate of drug-likeness (QED) is 0.376. The van der Waals surface area contributed by atoms with Gasteiger partial charge in [0.05, 0.1) is 0 Å². The van der Waals surface area contributed by atoms with Gasteiger partial charge in [-0.05, 0) is 11.0 Å². The van der Waals surface area contributed by atoms with Crippen molar-refractivity contribution in [2.24, 2.45) is 0 Å². The normalized spacial score (nSPS) is 0. The van der Waals surface area contributed by atoms with Gasteiger partial charge in [-0.3, -0.25) is 0 Å². The van der Waals surface area contributed by atoms with Crippen LogP contribution in [0.15, 0.2) is 0 Å². The molecule has 0 saturated heterocycles. The van der Waals surface area contributed by atoms with E-state index in [1.54, 1.807) is 0 Å². The second-order valence-electron chi connectivity index (χ2n) is 0. The summed E-state index contributed by atoms with van der Waals surface area (Å²) in [6.45, 7) is 0. The van der Waals surface area contributed by atoms with Crippen molar-refractivity contribution in [1.82, 2.24) is 0 Å². The molecule has 5 heteroatoms. The molecule has 29 valence electrons. The molecule has 0 N–H and O–H groups in total. The average molecular weight is 207 g/mol. The third-order valence-corrected chi connectivity index (χ3v) is 0. The Bertz CT molecular complexity index is 17.7. The minimum Gasteiger partial charge on any atom is -1.00 e. The summed E-state index contributed by atoms with van der Waals surface area (Å²) in [7, 11) is 0. The van der Waals surface area contributed by atoms with E-state index < -0.39 is 0 Å². The van der Waals surface area contributed by atoms with Gasteiger partial charge in [0.1, 0.15) is 0 Å². The van der Waals surface area contributed by atoms with Crippen LogP contribution in [0.1, 0.15) is 2.85 Å². The molecule has 0 unspecified atom stereocenters. The summed E-state index contributed by atoms with van der Waals surface area (Å²) in [6.07, 6.45) is 0. The monoisotopic (exact) mass is 207 g/mol. The van der Waals surface area contributed by atoms with Crippen LogP contribution < -0.4 is 0 Å². The largest absolute Gasteiger partial charge is 2.00 e.